The average molecular weight is 219 g/mol. The molecular formula is C14H19O2. The Morgan fingerprint density at radius 2 is 1.81 bits per heavy atom. The maximum absolute atomic E-state index is 5.65. The van der Waals surface area contributed by atoms with Crippen LogP contribution in [0.4, 0.5) is 0 Å². The summed E-state index contributed by atoms with van der Waals surface area (Å²) in [4.78, 5) is 0. The van der Waals surface area contributed by atoms with Crippen LogP contribution in [0.5, 0.6) is 11.5 Å². The third-order valence-electron chi connectivity index (χ3n) is 1.98. The lowest BCUT2D eigenvalue weighted by atomic mass is 10.2. The number of hydrogen-bond acceptors (Lipinski definition) is 2. The minimum Gasteiger partial charge on any atom is -0.494 e. The average Bonchev–Trinajstić information content (AvgIpc) is 2.26. The van der Waals surface area contributed by atoms with Gasteiger partial charge in [0.15, 0.2) is 0 Å². The summed E-state index contributed by atoms with van der Waals surface area (Å²) in [6.45, 7) is 11.2. The molecule has 0 aliphatic carbocycles. The number of ether oxygens (including phenoxy) is 2. The largest absolute Gasteiger partial charge is 0.494 e. The van der Waals surface area contributed by atoms with Crippen molar-refractivity contribution >= 4 is 0 Å². The maximum Gasteiger partial charge on any atom is 0.123 e. The highest BCUT2D eigenvalue weighted by Crippen LogP contribution is 2.23. The molecule has 16 heavy (non-hydrogen) atoms. The molecule has 1 aromatic rings. The van der Waals surface area contributed by atoms with Crippen molar-refractivity contribution in [1.29, 1.82) is 0 Å². The van der Waals surface area contributed by atoms with Crippen molar-refractivity contribution in [2.45, 2.75) is 20.8 Å². The summed E-state index contributed by atoms with van der Waals surface area (Å²) in [5, 5.41) is 0. The van der Waals surface area contributed by atoms with Gasteiger partial charge in [0.2, 0.25) is 0 Å². The number of rotatable bonds is 6. The molecule has 0 atom stereocenters. The lowest BCUT2D eigenvalue weighted by Gasteiger charge is -2.11. The summed E-state index contributed by atoms with van der Waals surface area (Å²) < 4.78 is 11.1. The number of benzene rings is 1. The van der Waals surface area contributed by atoms with Gasteiger partial charge < -0.3 is 9.47 Å². The third kappa shape index (κ3) is 3.97. The van der Waals surface area contributed by atoms with Crippen LogP contribution in [0.25, 0.3) is 0 Å². The second-order valence-corrected chi connectivity index (χ2v) is 4.01. The fraction of sp³-hybridized carbons (Fsp3) is 0.429. The third-order valence-corrected chi connectivity index (χ3v) is 1.98. The predicted octanol–water partition coefficient (Wildman–Crippen LogP) is 3.46. The van der Waals surface area contributed by atoms with E-state index >= 15 is 0 Å². The van der Waals surface area contributed by atoms with Gasteiger partial charge in [0.1, 0.15) is 11.5 Å². The summed E-state index contributed by atoms with van der Waals surface area (Å²) in [6, 6.07) is 5.71. The standard InChI is InChI=1S/C14H19O2/c1-5-12-7-13(15-6-2)9-14(8-12)16-10-11(3)4/h7-9,11H,1,6,10H2,2-4H3. The summed E-state index contributed by atoms with van der Waals surface area (Å²) in [5.41, 5.74) is 0.893. The van der Waals surface area contributed by atoms with Crippen molar-refractivity contribution in [2.75, 3.05) is 13.2 Å². The lowest BCUT2D eigenvalue weighted by Crippen LogP contribution is -2.05. The summed E-state index contributed by atoms with van der Waals surface area (Å²) in [6.07, 6.45) is 2.84. The Balaban J connectivity index is 2.81. The molecule has 0 saturated carbocycles. The van der Waals surface area contributed by atoms with Crippen LogP contribution in [0.2, 0.25) is 0 Å². The molecule has 1 radical (unpaired) electrons. The minimum atomic E-state index is 0.506. The van der Waals surface area contributed by atoms with Crippen LogP contribution in [0.3, 0.4) is 0 Å². The van der Waals surface area contributed by atoms with Crippen LogP contribution in [0.1, 0.15) is 26.3 Å². The van der Waals surface area contributed by atoms with E-state index in [1.807, 2.05) is 25.1 Å². The Labute approximate surface area is 97.9 Å². The second kappa shape index (κ2) is 6.21. The first-order valence-corrected chi connectivity index (χ1v) is 5.59. The SMILES string of the molecule is C=[C]c1cc(OCC)cc(OCC(C)C)c1. The molecule has 0 aliphatic heterocycles. The van der Waals surface area contributed by atoms with Gasteiger partial charge in [-0.3, -0.25) is 0 Å². The van der Waals surface area contributed by atoms with Gasteiger partial charge in [-0.25, -0.2) is 0 Å². The normalized spacial score (nSPS) is 10.2. The van der Waals surface area contributed by atoms with Crippen molar-refractivity contribution in [2.24, 2.45) is 5.92 Å². The van der Waals surface area contributed by atoms with Crippen molar-refractivity contribution < 1.29 is 9.47 Å². The van der Waals surface area contributed by atoms with Crippen molar-refractivity contribution in [3.8, 4) is 11.5 Å². The maximum atomic E-state index is 5.65. The molecule has 87 valence electrons. The fourth-order valence-electron chi connectivity index (χ4n) is 1.27. The molecule has 1 aromatic carbocycles. The van der Waals surface area contributed by atoms with Crippen LogP contribution in [-0.4, -0.2) is 13.2 Å². The molecule has 2 nitrogen and oxygen atoms in total. The molecule has 0 unspecified atom stereocenters. The van der Waals surface area contributed by atoms with Gasteiger partial charge in [-0.2, -0.15) is 0 Å². The van der Waals surface area contributed by atoms with Gasteiger partial charge in [0.05, 0.1) is 13.2 Å². The first kappa shape index (κ1) is 12.6. The summed E-state index contributed by atoms with van der Waals surface area (Å²) >= 11 is 0. The number of hydrogen-bond donors (Lipinski definition) is 0. The Morgan fingerprint density at radius 1 is 1.19 bits per heavy atom. The van der Waals surface area contributed by atoms with E-state index in [0.717, 1.165) is 17.1 Å². The molecular weight excluding hydrogens is 200 g/mol. The highest BCUT2D eigenvalue weighted by atomic mass is 16.5. The summed E-state index contributed by atoms with van der Waals surface area (Å²) in [7, 11) is 0. The van der Waals surface area contributed by atoms with E-state index in [0.29, 0.717) is 19.1 Å². The fourth-order valence-corrected chi connectivity index (χ4v) is 1.27. The van der Waals surface area contributed by atoms with E-state index in [2.05, 4.69) is 26.5 Å². The van der Waals surface area contributed by atoms with Gasteiger partial charge in [0, 0.05) is 6.07 Å². The molecule has 0 bridgehead atoms. The van der Waals surface area contributed by atoms with Gasteiger partial charge in [-0.05, 0) is 36.6 Å². The molecule has 1 rings (SSSR count). The molecule has 0 amide bonds. The van der Waals surface area contributed by atoms with E-state index in [1.54, 1.807) is 0 Å². The van der Waals surface area contributed by atoms with Gasteiger partial charge >= 0.3 is 0 Å². The topological polar surface area (TPSA) is 18.5 Å². The molecule has 0 aromatic heterocycles. The van der Waals surface area contributed by atoms with E-state index in [9.17, 15) is 0 Å². The zero-order chi connectivity index (χ0) is 12.0. The zero-order valence-corrected chi connectivity index (χ0v) is 10.2. The van der Waals surface area contributed by atoms with Crippen LogP contribution in [0.15, 0.2) is 24.8 Å². The monoisotopic (exact) mass is 219 g/mol. The van der Waals surface area contributed by atoms with Crippen LogP contribution in [0, 0.1) is 12.0 Å². The van der Waals surface area contributed by atoms with Crippen LogP contribution < -0.4 is 9.47 Å². The van der Waals surface area contributed by atoms with E-state index in [4.69, 9.17) is 9.47 Å². The Hall–Kier alpha value is -1.44. The first-order valence-electron chi connectivity index (χ1n) is 5.59. The van der Waals surface area contributed by atoms with Gasteiger partial charge in [-0.15, -0.1) is 0 Å². The second-order valence-electron chi connectivity index (χ2n) is 4.01. The Morgan fingerprint density at radius 3 is 2.31 bits per heavy atom. The molecule has 0 aliphatic rings. The van der Waals surface area contributed by atoms with E-state index in [-0.39, 0.29) is 0 Å². The van der Waals surface area contributed by atoms with E-state index < -0.39 is 0 Å². The Kier molecular flexibility index (Phi) is 4.90. The van der Waals surface area contributed by atoms with Crippen LogP contribution in [-0.2, 0) is 0 Å². The van der Waals surface area contributed by atoms with Gasteiger partial charge in [-0.1, -0.05) is 20.4 Å². The highest BCUT2D eigenvalue weighted by Gasteiger charge is 2.02. The molecule has 0 saturated heterocycles. The smallest absolute Gasteiger partial charge is 0.123 e. The van der Waals surface area contributed by atoms with Crippen molar-refractivity contribution in [3.63, 3.8) is 0 Å². The Bertz CT molecular complexity index is 343. The molecule has 0 heterocycles. The predicted molar refractivity (Wildman–Crippen MR) is 65.9 cm³/mol. The molecule has 0 N–H and O–H groups in total. The van der Waals surface area contributed by atoms with Crippen LogP contribution >= 0.6 is 0 Å². The molecule has 0 spiro atoms. The molecule has 2 heteroatoms. The first-order chi connectivity index (χ1) is 7.65. The van der Waals surface area contributed by atoms with Gasteiger partial charge in [0.25, 0.3) is 0 Å². The van der Waals surface area contributed by atoms with Crippen molar-refractivity contribution in [1.82, 2.24) is 0 Å². The minimum absolute atomic E-state index is 0.506. The highest BCUT2D eigenvalue weighted by molar-refractivity contribution is 5.40. The van der Waals surface area contributed by atoms with E-state index in [1.165, 1.54) is 0 Å². The lowest BCUT2D eigenvalue weighted by molar-refractivity contribution is 0.268. The van der Waals surface area contributed by atoms with Crippen molar-refractivity contribution in [3.05, 3.63) is 36.4 Å². The quantitative estimate of drug-likeness (QED) is 0.729. The summed E-state index contributed by atoms with van der Waals surface area (Å²) in [5.74, 6) is 2.12. The molecule has 0 fully saturated rings. The zero-order valence-electron chi connectivity index (χ0n) is 10.2.